The van der Waals surface area contributed by atoms with Crippen LogP contribution in [0.4, 0.5) is 0 Å². The van der Waals surface area contributed by atoms with Gasteiger partial charge in [-0.15, -0.1) is 0 Å². The van der Waals surface area contributed by atoms with Crippen molar-refractivity contribution >= 4 is 17.0 Å². The van der Waals surface area contributed by atoms with E-state index in [2.05, 4.69) is 15.5 Å². The lowest BCUT2D eigenvalue weighted by molar-refractivity contribution is 0.0809. The van der Waals surface area contributed by atoms with Crippen LogP contribution in [0.3, 0.4) is 0 Å². The summed E-state index contributed by atoms with van der Waals surface area (Å²) in [4.78, 5) is 17.9. The number of rotatable bonds is 7. The van der Waals surface area contributed by atoms with Gasteiger partial charge in [0.1, 0.15) is 0 Å². The zero-order valence-electron chi connectivity index (χ0n) is 17.4. The smallest absolute Gasteiger partial charge is 0.259 e. The Morgan fingerprint density at radius 3 is 2.63 bits per heavy atom. The number of nitrogens with zero attached hydrogens (tertiary/aromatic N) is 2. The van der Waals surface area contributed by atoms with E-state index in [-0.39, 0.29) is 17.2 Å². The zero-order chi connectivity index (χ0) is 20.9. The predicted molar refractivity (Wildman–Crippen MR) is 113 cm³/mol. The van der Waals surface area contributed by atoms with Crippen molar-refractivity contribution in [1.82, 2.24) is 15.5 Å². The first-order valence-corrected chi connectivity index (χ1v) is 10.8. The number of nitrogens with one attached hydrogen (secondary N) is 1. The Morgan fingerprint density at radius 2 is 2.00 bits per heavy atom. The van der Waals surface area contributed by atoms with E-state index in [4.69, 9.17) is 4.52 Å². The second kappa shape index (κ2) is 7.20. The molecule has 156 valence electrons. The number of pyridine rings is 1. The van der Waals surface area contributed by atoms with E-state index in [1.807, 2.05) is 50.2 Å². The minimum atomic E-state index is -0.583. The summed E-state index contributed by atoms with van der Waals surface area (Å²) in [7, 11) is 0. The molecule has 0 saturated heterocycles. The van der Waals surface area contributed by atoms with E-state index in [0.29, 0.717) is 29.1 Å². The van der Waals surface area contributed by atoms with Crippen LogP contribution in [0, 0.1) is 5.41 Å². The highest BCUT2D eigenvalue weighted by atomic mass is 16.5. The van der Waals surface area contributed by atoms with Crippen LogP contribution >= 0.6 is 0 Å². The normalized spacial score (nSPS) is 18.5. The van der Waals surface area contributed by atoms with Gasteiger partial charge in [-0.25, -0.2) is 4.98 Å². The fourth-order valence-electron chi connectivity index (χ4n) is 4.20. The van der Waals surface area contributed by atoms with E-state index in [1.165, 1.54) is 0 Å². The third-order valence-electron chi connectivity index (χ3n) is 6.47. The van der Waals surface area contributed by atoms with Gasteiger partial charge in [0.25, 0.3) is 11.6 Å². The molecule has 6 heteroatoms. The van der Waals surface area contributed by atoms with Crippen LogP contribution < -0.4 is 5.32 Å². The van der Waals surface area contributed by atoms with Crippen molar-refractivity contribution in [3.8, 4) is 0 Å². The molecule has 2 fully saturated rings. The summed E-state index contributed by atoms with van der Waals surface area (Å²) in [5.41, 5.74) is 3.29. The third-order valence-corrected chi connectivity index (χ3v) is 6.47. The standard InChI is InChI=1S/C24H27N3O3/c1-14(2)20-19-17(12-18(15-8-9-15)26-23(19)30-27-20)22(29)25-13-24(10-11-24)21(28)16-6-4-3-5-7-16/h3-7,12,14-15,21,28H,8-11,13H2,1-2H3,(H,25,29). The average molecular weight is 405 g/mol. The van der Waals surface area contributed by atoms with Crippen molar-refractivity contribution in [2.45, 2.75) is 57.5 Å². The Labute approximate surface area is 175 Å². The largest absolute Gasteiger partial charge is 0.388 e. The number of hydrogen-bond acceptors (Lipinski definition) is 5. The van der Waals surface area contributed by atoms with Crippen molar-refractivity contribution in [2.24, 2.45) is 5.41 Å². The Hall–Kier alpha value is -2.73. The van der Waals surface area contributed by atoms with E-state index in [1.54, 1.807) is 0 Å². The summed E-state index contributed by atoms with van der Waals surface area (Å²) in [6.45, 7) is 4.50. The van der Waals surface area contributed by atoms with Crippen molar-refractivity contribution in [1.29, 1.82) is 0 Å². The molecule has 0 spiro atoms. The quantitative estimate of drug-likeness (QED) is 0.606. The Kier molecular flexibility index (Phi) is 4.62. The van der Waals surface area contributed by atoms with Gasteiger partial charge in [0.15, 0.2) is 0 Å². The van der Waals surface area contributed by atoms with Gasteiger partial charge in [-0.2, -0.15) is 0 Å². The number of carbonyl (C=O) groups is 1. The van der Waals surface area contributed by atoms with Crippen LogP contribution in [0.1, 0.15) is 84.8 Å². The molecule has 0 bridgehead atoms. The second-order valence-electron chi connectivity index (χ2n) is 9.13. The number of aromatic nitrogens is 2. The monoisotopic (exact) mass is 405 g/mol. The first-order chi connectivity index (χ1) is 14.5. The van der Waals surface area contributed by atoms with Crippen LogP contribution in [0.25, 0.3) is 11.1 Å². The minimum Gasteiger partial charge on any atom is -0.388 e. The molecule has 2 saturated carbocycles. The zero-order valence-corrected chi connectivity index (χ0v) is 17.4. The number of fused-ring (bicyclic) bond motifs is 1. The Morgan fingerprint density at radius 1 is 1.27 bits per heavy atom. The molecule has 1 atom stereocenters. The first-order valence-electron chi connectivity index (χ1n) is 10.8. The molecule has 2 N–H and O–H groups in total. The lowest BCUT2D eigenvalue weighted by Crippen LogP contribution is -2.33. The van der Waals surface area contributed by atoms with Gasteiger partial charge in [-0.3, -0.25) is 4.79 Å². The van der Waals surface area contributed by atoms with Crippen molar-refractivity contribution in [2.75, 3.05) is 6.54 Å². The molecule has 3 aromatic rings. The number of carbonyl (C=O) groups excluding carboxylic acids is 1. The van der Waals surface area contributed by atoms with E-state index < -0.39 is 6.10 Å². The van der Waals surface area contributed by atoms with Crippen LogP contribution in [0.5, 0.6) is 0 Å². The van der Waals surface area contributed by atoms with Crippen molar-refractivity contribution in [3.63, 3.8) is 0 Å². The predicted octanol–water partition coefficient (Wildman–Crippen LogP) is 4.47. The molecule has 0 aliphatic heterocycles. The molecule has 6 nitrogen and oxygen atoms in total. The molecule has 1 amide bonds. The average Bonchev–Trinajstić information content (AvgIpc) is 3.69. The number of amides is 1. The summed E-state index contributed by atoms with van der Waals surface area (Å²) < 4.78 is 5.49. The first kappa shape index (κ1) is 19.2. The van der Waals surface area contributed by atoms with Crippen LogP contribution in [-0.2, 0) is 0 Å². The van der Waals surface area contributed by atoms with Gasteiger partial charge in [0.05, 0.1) is 22.7 Å². The topological polar surface area (TPSA) is 88.2 Å². The summed E-state index contributed by atoms with van der Waals surface area (Å²) in [5.74, 6) is 0.380. The number of aliphatic hydroxyl groups excluding tert-OH is 1. The van der Waals surface area contributed by atoms with Gasteiger partial charge in [-0.1, -0.05) is 49.3 Å². The summed E-state index contributed by atoms with van der Waals surface area (Å²) in [5, 5.41) is 18.9. The molecule has 1 unspecified atom stereocenters. The van der Waals surface area contributed by atoms with Crippen molar-refractivity contribution in [3.05, 3.63) is 58.9 Å². The van der Waals surface area contributed by atoms with Crippen LogP contribution in [0.15, 0.2) is 40.9 Å². The van der Waals surface area contributed by atoms with Gasteiger partial charge < -0.3 is 14.9 Å². The maximum absolute atomic E-state index is 13.3. The highest BCUT2D eigenvalue weighted by molar-refractivity contribution is 6.06. The lowest BCUT2D eigenvalue weighted by Gasteiger charge is -2.23. The lowest BCUT2D eigenvalue weighted by atomic mass is 9.92. The molecular formula is C24H27N3O3. The molecule has 2 aromatic heterocycles. The number of hydrogen-bond donors (Lipinski definition) is 2. The number of benzene rings is 1. The molecule has 5 rings (SSSR count). The molecule has 2 aliphatic carbocycles. The molecular weight excluding hydrogens is 378 g/mol. The molecule has 1 aromatic carbocycles. The Bertz CT molecular complexity index is 1080. The highest BCUT2D eigenvalue weighted by Gasteiger charge is 2.49. The van der Waals surface area contributed by atoms with Gasteiger partial charge >= 0.3 is 0 Å². The number of aliphatic hydroxyl groups is 1. The van der Waals surface area contributed by atoms with Crippen LogP contribution in [-0.4, -0.2) is 27.7 Å². The molecule has 2 heterocycles. The van der Waals surface area contributed by atoms with Crippen LogP contribution in [0.2, 0.25) is 0 Å². The fraction of sp³-hybridized carbons (Fsp3) is 0.458. The summed E-state index contributed by atoms with van der Waals surface area (Å²) in [6, 6.07) is 11.6. The van der Waals surface area contributed by atoms with E-state index in [9.17, 15) is 9.90 Å². The maximum atomic E-state index is 13.3. The molecule has 0 radical (unpaired) electrons. The minimum absolute atomic E-state index is 0.126. The summed E-state index contributed by atoms with van der Waals surface area (Å²) in [6.07, 6.45) is 3.40. The maximum Gasteiger partial charge on any atom is 0.259 e. The highest BCUT2D eigenvalue weighted by Crippen LogP contribution is 2.54. The van der Waals surface area contributed by atoms with Gasteiger partial charge in [0.2, 0.25) is 0 Å². The van der Waals surface area contributed by atoms with E-state index in [0.717, 1.165) is 42.6 Å². The Balaban J connectivity index is 1.41. The molecule has 30 heavy (non-hydrogen) atoms. The summed E-state index contributed by atoms with van der Waals surface area (Å²) >= 11 is 0. The van der Waals surface area contributed by atoms with Gasteiger partial charge in [-0.05, 0) is 43.2 Å². The fourth-order valence-corrected chi connectivity index (χ4v) is 4.20. The molecule has 2 aliphatic rings. The van der Waals surface area contributed by atoms with E-state index >= 15 is 0 Å². The SMILES string of the molecule is CC(C)c1noc2nc(C3CC3)cc(C(=O)NCC3(C(O)c4ccccc4)CC3)c12. The third kappa shape index (κ3) is 3.39. The van der Waals surface area contributed by atoms with Gasteiger partial charge in [0, 0.05) is 23.6 Å². The second-order valence-corrected chi connectivity index (χ2v) is 9.13. The van der Waals surface area contributed by atoms with Crippen molar-refractivity contribution < 1.29 is 14.4 Å².